The summed E-state index contributed by atoms with van der Waals surface area (Å²) in [6, 6.07) is 2.24. The van der Waals surface area contributed by atoms with Crippen molar-refractivity contribution in [2.24, 2.45) is 0 Å². The van der Waals surface area contributed by atoms with Crippen LogP contribution in [0, 0.1) is 28.3 Å². The molecule has 0 fully saturated rings. The molecule has 1 aromatic rings. The summed E-state index contributed by atoms with van der Waals surface area (Å²) >= 11 is 0. The average molecular weight is 237 g/mol. The number of rotatable bonds is 2. The first-order valence-corrected chi connectivity index (χ1v) is 8.23. The number of benzene rings is 1. The smallest absolute Gasteiger partial charge is 0.258 e. The highest BCUT2D eigenvalue weighted by atomic mass is 28.3. The SMILES string of the molecule is C#Cc1c([N+](=O)[O-])ccc(F)c1[Si](C)(C)C. The Morgan fingerprint density at radius 3 is 2.38 bits per heavy atom. The van der Waals surface area contributed by atoms with Gasteiger partial charge in [0.15, 0.2) is 0 Å². The van der Waals surface area contributed by atoms with Gasteiger partial charge in [0.25, 0.3) is 5.69 Å². The van der Waals surface area contributed by atoms with Gasteiger partial charge in [0.05, 0.1) is 13.0 Å². The van der Waals surface area contributed by atoms with Crippen molar-refractivity contribution in [1.29, 1.82) is 0 Å². The Morgan fingerprint density at radius 2 is 2.00 bits per heavy atom. The van der Waals surface area contributed by atoms with E-state index in [-0.39, 0.29) is 11.3 Å². The Kier molecular flexibility index (Phi) is 3.15. The largest absolute Gasteiger partial charge is 0.285 e. The van der Waals surface area contributed by atoms with Crippen molar-refractivity contribution in [2.75, 3.05) is 0 Å². The lowest BCUT2D eigenvalue weighted by atomic mass is 10.2. The molecule has 0 aromatic heterocycles. The van der Waals surface area contributed by atoms with Gasteiger partial charge < -0.3 is 0 Å². The summed E-state index contributed by atoms with van der Waals surface area (Å²) in [5.41, 5.74) is -0.106. The summed E-state index contributed by atoms with van der Waals surface area (Å²) in [5, 5.41) is 11.1. The van der Waals surface area contributed by atoms with Crippen molar-refractivity contribution in [3.63, 3.8) is 0 Å². The minimum absolute atomic E-state index is 0.0872. The van der Waals surface area contributed by atoms with Gasteiger partial charge in [-0.05, 0) is 11.3 Å². The van der Waals surface area contributed by atoms with Crippen LogP contribution in [-0.4, -0.2) is 13.0 Å². The molecule has 0 spiro atoms. The van der Waals surface area contributed by atoms with E-state index in [4.69, 9.17) is 6.42 Å². The first-order valence-electron chi connectivity index (χ1n) is 4.73. The molecule has 1 rings (SSSR count). The zero-order chi connectivity index (χ0) is 12.5. The third-order valence-corrected chi connectivity index (χ3v) is 4.21. The number of hydrogen-bond acceptors (Lipinski definition) is 2. The first kappa shape index (κ1) is 12.4. The number of nitro benzene ring substituents is 1. The van der Waals surface area contributed by atoms with Crippen LogP contribution in [0.4, 0.5) is 10.1 Å². The molecule has 0 bridgehead atoms. The summed E-state index contributed by atoms with van der Waals surface area (Å²) in [6.07, 6.45) is 5.26. The van der Waals surface area contributed by atoms with Crippen LogP contribution in [0.5, 0.6) is 0 Å². The highest BCUT2D eigenvalue weighted by molar-refractivity contribution is 6.89. The van der Waals surface area contributed by atoms with E-state index in [0.717, 1.165) is 12.1 Å². The molecule has 84 valence electrons. The monoisotopic (exact) mass is 237 g/mol. The molecule has 0 unspecified atom stereocenters. The van der Waals surface area contributed by atoms with E-state index in [9.17, 15) is 14.5 Å². The molecule has 0 aliphatic heterocycles. The third kappa shape index (κ3) is 2.12. The fourth-order valence-corrected chi connectivity index (χ4v) is 3.35. The normalized spacial score (nSPS) is 10.9. The van der Waals surface area contributed by atoms with Gasteiger partial charge in [-0.1, -0.05) is 25.6 Å². The van der Waals surface area contributed by atoms with Gasteiger partial charge >= 0.3 is 0 Å². The van der Waals surface area contributed by atoms with Gasteiger partial charge in [0.2, 0.25) is 0 Å². The van der Waals surface area contributed by atoms with Crippen molar-refractivity contribution in [3.8, 4) is 12.3 Å². The van der Waals surface area contributed by atoms with Crippen molar-refractivity contribution < 1.29 is 9.31 Å². The zero-order valence-electron chi connectivity index (χ0n) is 9.37. The predicted octanol–water partition coefficient (Wildman–Crippen LogP) is 2.26. The van der Waals surface area contributed by atoms with Crippen LogP contribution in [0.15, 0.2) is 12.1 Å². The van der Waals surface area contributed by atoms with E-state index in [2.05, 4.69) is 5.92 Å². The summed E-state index contributed by atoms with van der Waals surface area (Å²) in [7, 11) is -2.04. The summed E-state index contributed by atoms with van der Waals surface area (Å²) in [5.74, 6) is 1.80. The minimum atomic E-state index is -2.04. The number of nitrogens with zero attached hydrogens (tertiary/aromatic N) is 1. The van der Waals surface area contributed by atoms with E-state index in [1.807, 2.05) is 19.6 Å². The first-order chi connectivity index (χ1) is 7.29. The lowest BCUT2D eigenvalue weighted by Crippen LogP contribution is -2.42. The Hall–Kier alpha value is -1.67. The molecule has 0 radical (unpaired) electrons. The lowest BCUT2D eigenvalue weighted by molar-refractivity contribution is -0.385. The predicted molar refractivity (Wildman–Crippen MR) is 64.0 cm³/mol. The van der Waals surface area contributed by atoms with E-state index in [1.165, 1.54) is 0 Å². The topological polar surface area (TPSA) is 43.1 Å². The van der Waals surface area contributed by atoms with Crippen molar-refractivity contribution in [2.45, 2.75) is 19.6 Å². The molecule has 0 saturated heterocycles. The highest BCUT2D eigenvalue weighted by Crippen LogP contribution is 2.20. The van der Waals surface area contributed by atoms with Crippen LogP contribution in [0.25, 0.3) is 0 Å². The number of halogens is 1. The lowest BCUT2D eigenvalue weighted by Gasteiger charge is -2.19. The fourth-order valence-electron chi connectivity index (χ4n) is 1.60. The fraction of sp³-hybridized carbons (Fsp3) is 0.273. The third-order valence-electron chi connectivity index (χ3n) is 2.22. The quantitative estimate of drug-likeness (QED) is 0.343. The van der Waals surface area contributed by atoms with Crippen molar-refractivity contribution in [1.82, 2.24) is 0 Å². The number of terminal acetylenes is 1. The maximum atomic E-state index is 13.7. The van der Waals surface area contributed by atoms with Crippen LogP contribution < -0.4 is 5.19 Å². The van der Waals surface area contributed by atoms with E-state index >= 15 is 0 Å². The Morgan fingerprint density at radius 1 is 1.44 bits per heavy atom. The second kappa shape index (κ2) is 4.06. The van der Waals surface area contributed by atoms with Crippen molar-refractivity contribution in [3.05, 3.63) is 33.6 Å². The highest BCUT2D eigenvalue weighted by Gasteiger charge is 2.29. The maximum absolute atomic E-state index is 13.7. The summed E-state index contributed by atoms with van der Waals surface area (Å²) in [6.45, 7) is 5.70. The van der Waals surface area contributed by atoms with Gasteiger partial charge in [0.1, 0.15) is 11.4 Å². The van der Waals surface area contributed by atoms with E-state index in [0.29, 0.717) is 5.19 Å². The molecule has 0 N–H and O–H groups in total. The molecule has 0 saturated carbocycles. The van der Waals surface area contributed by atoms with Crippen LogP contribution in [-0.2, 0) is 0 Å². The second-order valence-corrected chi connectivity index (χ2v) is 9.47. The standard InChI is InChI=1S/C11H12FNO2Si/c1-5-8-10(13(14)15)7-6-9(12)11(8)16(2,3)4/h1,6-7H,2-4H3. The molecule has 0 aliphatic rings. The van der Waals surface area contributed by atoms with Crippen LogP contribution >= 0.6 is 0 Å². The average Bonchev–Trinajstić information content (AvgIpc) is 2.14. The number of nitro groups is 1. The van der Waals surface area contributed by atoms with Gasteiger partial charge in [-0.2, -0.15) is 0 Å². The molecular weight excluding hydrogens is 225 g/mol. The Labute approximate surface area is 94.5 Å². The Balaban J connectivity index is 3.66. The molecular formula is C11H12FNO2Si. The maximum Gasteiger partial charge on any atom is 0.285 e. The summed E-state index contributed by atoms with van der Waals surface area (Å²) in [4.78, 5) is 10.2. The van der Waals surface area contributed by atoms with Crippen LogP contribution in [0.2, 0.25) is 19.6 Å². The molecule has 16 heavy (non-hydrogen) atoms. The van der Waals surface area contributed by atoms with Gasteiger partial charge in [-0.25, -0.2) is 4.39 Å². The Bertz CT molecular complexity index is 486. The minimum Gasteiger partial charge on any atom is -0.258 e. The van der Waals surface area contributed by atoms with Gasteiger partial charge in [-0.15, -0.1) is 6.42 Å². The molecule has 1 aromatic carbocycles. The van der Waals surface area contributed by atoms with E-state index < -0.39 is 18.8 Å². The van der Waals surface area contributed by atoms with Crippen LogP contribution in [0.1, 0.15) is 5.56 Å². The second-order valence-electron chi connectivity index (χ2n) is 4.47. The molecule has 0 atom stereocenters. The van der Waals surface area contributed by atoms with Gasteiger partial charge in [-0.3, -0.25) is 10.1 Å². The van der Waals surface area contributed by atoms with Crippen molar-refractivity contribution >= 4 is 18.9 Å². The zero-order valence-corrected chi connectivity index (χ0v) is 10.4. The molecule has 5 heteroatoms. The molecule has 0 amide bonds. The molecule has 0 aliphatic carbocycles. The molecule has 3 nitrogen and oxygen atoms in total. The van der Waals surface area contributed by atoms with Crippen LogP contribution in [0.3, 0.4) is 0 Å². The van der Waals surface area contributed by atoms with Gasteiger partial charge in [0, 0.05) is 6.07 Å². The van der Waals surface area contributed by atoms with E-state index in [1.54, 1.807) is 0 Å². The summed E-state index contributed by atoms with van der Waals surface area (Å²) < 4.78 is 13.7. The number of hydrogen-bond donors (Lipinski definition) is 0. The molecule has 0 heterocycles.